The third-order valence-corrected chi connectivity index (χ3v) is 3.63. The first-order valence-electron chi connectivity index (χ1n) is 6.96. The van der Waals surface area contributed by atoms with E-state index < -0.39 is 0 Å². The zero-order valence-electron chi connectivity index (χ0n) is 12.7. The lowest BCUT2D eigenvalue weighted by molar-refractivity contribution is 0.0589. The highest BCUT2D eigenvalue weighted by Crippen LogP contribution is 2.09. The van der Waals surface area contributed by atoms with Gasteiger partial charge in [0, 0.05) is 31.7 Å². The summed E-state index contributed by atoms with van der Waals surface area (Å²) in [6, 6.07) is 5.78. The molecule has 0 aliphatic heterocycles. The van der Waals surface area contributed by atoms with E-state index in [1.807, 2.05) is 30.1 Å². The molecule has 0 unspecified atom stereocenters. The summed E-state index contributed by atoms with van der Waals surface area (Å²) in [4.78, 5) is 15.6. The zero-order valence-corrected chi connectivity index (χ0v) is 12.7. The first-order valence-corrected chi connectivity index (χ1v) is 6.96. The maximum atomic E-state index is 11.5. The van der Waals surface area contributed by atoms with E-state index in [1.54, 1.807) is 6.07 Å². The molecule has 0 saturated heterocycles. The van der Waals surface area contributed by atoms with Crippen LogP contribution in [0.4, 0.5) is 0 Å². The number of hydrogen-bond donors (Lipinski definition) is 1. The summed E-state index contributed by atoms with van der Waals surface area (Å²) in [7, 11) is 3.26. The van der Waals surface area contributed by atoms with Gasteiger partial charge < -0.3 is 14.6 Å². The molecule has 2 rings (SSSR count). The number of rotatable bonds is 6. The molecule has 112 valence electrons. The number of carbonyl (C=O) groups excluding carboxylic acids is 1. The SMILES string of the molecule is COC(=O)c1ccc(CNCCc2ccncc2C)n1C. The molecule has 5 nitrogen and oxygen atoms in total. The van der Waals surface area contributed by atoms with Crippen LogP contribution >= 0.6 is 0 Å². The van der Waals surface area contributed by atoms with Crippen molar-refractivity contribution < 1.29 is 9.53 Å². The largest absolute Gasteiger partial charge is 0.464 e. The number of ether oxygens (including phenoxy) is 1. The summed E-state index contributed by atoms with van der Waals surface area (Å²) in [5, 5.41) is 3.40. The van der Waals surface area contributed by atoms with Gasteiger partial charge in [0.05, 0.1) is 7.11 Å². The average molecular weight is 287 g/mol. The molecule has 21 heavy (non-hydrogen) atoms. The van der Waals surface area contributed by atoms with Crippen LogP contribution in [0, 0.1) is 6.92 Å². The molecule has 0 fully saturated rings. The van der Waals surface area contributed by atoms with Crippen molar-refractivity contribution in [2.45, 2.75) is 19.9 Å². The van der Waals surface area contributed by atoms with Crippen LogP contribution in [0.15, 0.2) is 30.6 Å². The molecule has 2 heterocycles. The second-order valence-corrected chi connectivity index (χ2v) is 4.99. The molecule has 0 saturated carbocycles. The number of aryl methyl sites for hydroxylation is 1. The van der Waals surface area contributed by atoms with Gasteiger partial charge >= 0.3 is 5.97 Å². The third kappa shape index (κ3) is 3.70. The number of nitrogens with one attached hydrogen (secondary N) is 1. The minimum absolute atomic E-state index is 0.309. The van der Waals surface area contributed by atoms with Crippen molar-refractivity contribution in [3.8, 4) is 0 Å². The van der Waals surface area contributed by atoms with Crippen molar-refractivity contribution in [1.82, 2.24) is 14.9 Å². The molecule has 0 aliphatic carbocycles. The van der Waals surface area contributed by atoms with E-state index in [-0.39, 0.29) is 5.97 Å². The lowest BCUT2D eigenvalue weighted by Gasteiger charge is -2.09. The Balaban J connectivity index is 1.86. The molecule has 0 bridgehead atoms. The van der Waals surface area contributed by atoms with E-state index in [4.69, 9.17) is 4.74 Å². The van der Waals surface area contributed by atoms with Crippen molar-refractivity contribution >= 4 is 5.97 Å². The van der Waals surface area contributed by atoms with E-state index in [0.717, 1.165) is 25.2 Å². The Bertz CT molecular complexity index is 620. The molecule has 0 atom stereocenters. The molecule has 0 radical (unpaired) electrons. The zero-order chi connectivity index (χ0) is 15.2. The monoisotopic (exact) mass is 287 g/mol. The Morgan fingerprint density at radius 2 is 2.19 bits per heavy atom. The van der Waals surface area contributed by atoms with E-state index in [2.05, 4.69) is 23.3 Å². The average Bonchev–Trinajstić information content (AvgIpc) is 2.86. The fraction of sp³-hybridized carbons (Fsp3) is 0.375. The summed E-state index contributed by atoms with van der Waals surface area (Å²) < 4.78 is 6.60. The van der Waals surface area contributed by atoms with E-state index in [9.17, 15) is 4.79 Å². The van der Waals surface area contributed by atoms with Crippen LogP contribution in [0.5, 0.6) is 0 Å². The highest BCUT2D eigenvalue weighted by atomic mass is 16.5. The second kappa shape index (κ2) is 7.04. The Hall–Kier alpha value is -2.14. The van der Waals surface area contributed by atoms with Crippen LogP contribution in [0.1, 0.15) is 27.3 Å². The van der Waals surface area contributed by atoms with Gasteiger partial charge in [0.2, 0.25) is 0 Å². The second-order valence-electron chi connectivity index (χ2n) is 4.99. The van der Waals surface area contributed by atoms with Crippen LogP contribution in [-0.2, 0) is 24.8 Å². The molecule has 0 aliphatic rings. The molecule has 0 aromatic carbocycles. The first kappa shape index (κ1) is 15.3. The summed E-state index contributed by atoms with van der Waals surface area (Å²) >= 11 is 0. The fourth-order valence-electron chi connectivity index (χ4n) is 2.26. The van der Waals surface area contributed by atoms with Crippen LogP contribution in [-0.4, -0.2) is 29.2 Å². The molecule has 0 spiro atoms. The van der Waals surface area contributed by atoms with Crippen LogP contribution in [0.25, 0.3) is 0 Å². The summed E-state index contributed by atoms with van der Waals surface area (Å²) in [5.74, 6) is -0.309. The van der Waals surface area contributed by atoms with Gasteiger partial charge in [-0.3, -0.25) is 4.98 Å². The Kier molecular flexibility index (Phi) is 5.11. The standard InChI is InChI=1S/C16H21N3O2/c1-12-10-17-8-6-13(12)7-9-18-11-14-4-5-15(19(14)2)16(20)21-3/h4-6,8,10,18H,7,9,11H2,1-3H3. The molecular weight excluding hydrogens is 266 g/mol. The summed E-state index contributed by atoms with van der Waals surface area (Å²) in [6.45, 7) is 3.67. The summed E-state index contributed by atoms with van der Waals surface area (Å²) in [5.41, 5.74) is 4.15. The molecule has 0 amide bonds. The lowest BCUT2D eigenvalue weighted by atomic mass is 10.1. The predicted molar refractivity (Wildman–Crippen MR) is 81.1 cm³/mol. The quantitative estimate of drug-likeness (QED) is 0.651. The number of aromatic nitrogens is 2. The highest BCUT2D eigenvalue weighted by Gasteiger charge is 2.12. The molecule has 5 heteroatoms. The summed E-state index contributed by atoms with van der Waals surface area (Å²) in [6.07, 6.45) is 4.67. The molecule has 1 N–H and O–H groups in total. The van der Waals surface area contributed by atoms with Gasteiger partial charge in [-0.15, -0.1) is 0 Å². The van der Waals surface area contributed by atoms with Crippen LogP contribution in [0.3, 0.4) is 0 Å². The van der Waals surface area contributed by atoms with Gasteiger partial charge in [0.15, 0.2) is 0 Å². The van der Waals surface area contributed by atoms with Gasteiger partial charge in [0.25, 0.3) is 0 Å². The smallest absolute Gasteiger partial charge is 0.354 e. The first-order chi connectivity index (χ1) is 10.1. The minimum Gasteiger partial charge on any atom is -0.464 e. The minimum atomic E-state index is -0.309. The van der Waals surface area contributed by atoms with Crippen LogP contribution in [0.2, 0.25) is 0 Å². The lowest BCUT2D eigenvalue weighted by Crippen LogP contribution is -2.19. The number of hydrogen-bond acceptors (Lipinski definition) is 4. The Morgan fingerprint density at radius 1 is 1.38 bits per heavy atom. The maximum absolute atomic E-state index is 11.5. The predicted octanol–water partition coefficient (Wildman–Crippen LogP) is 1.85. The van der Waals surface area contributed by atoms with Gasteiger partial charge in [-0.05, 0) is 49.2 Å². The van der Waals surface area contributed by atoms with Crippen molar-refractivity contribution in [2.75, 3.05) is 13.7 Å². The molecular formula is C16H21N3O2. The number of pyridine rings is 1. The van der Waals surface area contributed by atoms with Gasteiger partial charge in [-0.25, -0.2) is 4.79 Å². The fourth-order valence-corrected chi connectivity index (χ4v) is 2.26. The van der Waals surface area contributed by atoms with Crippen LogP contribution < -0.4 is 5.32 Å². The molecule has 2 aromatic rings. The number of esters is 1. The Labute approximate surface area is 125 Å². The van der Waals surface area contributed by atoms with E-state index in [0.29, 0.717) is 5.69 Å². The topological polar surface area (TPSA) is 56.1 Å². The highest BCUT2D eigenvalue weighted by molar-refractivity contribution is 5.87. The maximum Gasteiger partial charge on any atom is 0.354 e. The Morgan fingerprint density at radius 3 is 2.90 bits per heavy atom. The number of nitrogens with zero attached hydrogens (tertiary/aromatic N) is 2. The van der Waals surface area contributed by atoms with Crippen molar-refractivity contribution in [3.63, 3.8) is 0 Å². The van der Waals surface area contributed by atoms with Crippen molar-refractivity contribution in [1.29, 1.82) is 0 Å². The van der Waals surface area contributed by atoms with E-state index >= 15 is 0 Å². The third-order valence-electron chi connectivity index (χ3n) is 3.63. The van der Waals surface area contributed by atoms with Crippen molar-refractivity contribution in [2.24, 2.45) is 7.05 Å². The molecule has 2 aromatic heterocycles. The normalized spacial score (nSPS) is 10.6. The van der Waals surface area contributed by atoms with Gasteiger partial charge in [-0.2, -0.15) is 0 Å². The van der Waals surface area contributed by atoms with E-state index in [1.165, 1.54) is 18.2 Å². The number of methoxy groups -OCH3 is 1. The number of carbonyl (C=O) groups is 1. The van der Waals surface area contributed by atoms with Gasteiger partial charge in [0.1, 0.15) is 5.69 Å². The van der Waals surface area contributed by atoms with Gasteiger partial charge in [-0.1, -0.05) is 0 Å². The van der Waals surface area contributed by atoms with Crippen molar-refractivity contribution in [3.05, 3.63) is 53.1 Å².